The summed E-state index contributed by atoms with van der Waals surface area (Å²) >= 11 is 3.56. The number of carbonyl (C=O) groups is 2. The monoisotopic (exact) mass is 510 g/mol. The third kappa shape index (κ3) is 4.18. The highest BCUT2D eigenvalue weighted by molar-refractivity contribution is 9.10. The van der Waals surface area contributed by atoms with Crippen LogP contribution in [0.2, 0.25) is 0 Å². The van der Waals surface area contributed by atoms with Gasteiger partial charge in [0.1, 0.15) is 11.9 Å². The van der Waals surface area contributed by atoms with E-state index in [2.05, 4.69) is 58.3 Å². The van der Waals surface area contributed by atoms with E-state index in [1.54, 1.807) is 11.8 Å². The number of aryl methyl sites for hydroxylation is 1. The molecule has 2 N–H and O–H groups in total. The van der Waals surface area contributed by atoms with Crippen molar-refractivity contribution in [2.45, 2.75) is 52.6 Å². The van der Waals surface area contributed by atoms with Crippen LogP contribution in [0.15, 0.2) is 28.7 Å². The van der Waals surface area contributed by atoms with E-state index in [0.717, 1.165) is 50.5 Å². The Morgan fingerprint density at radius 3 is 2.70 bits per heavy atom. The molecule has 1 aromatic heterocycles. The molecule has 1 aliphatic heterocycles. The van der Waals surface area contributed by atoms with E-state index in [0.29, 0.717) is 6.54 Å². The van der Waals surface area contributed by atoms with Crippen LogP contribution >= 0.6 is 15.9 Å². The molecule has 0 aliphatic carbocycles. The molecule has 2 amide bonds. The van der Waals surface area contributed by atoms with E-state index < -0.39 is 12.1 Å². The maximum absolute atomic E-state index is 13.4. The van der Waals surface area contributed by atoms with Crippen molar-refractivity contribution < 1.29 is 14.7 Å². The number of carboxylic acid groups (broad SMARTS) is 1. The molecule has 1 aliphatic rings. The third-order valence-corrected chi connectivity index (χ3v) is 6.71. The van der Waals surface area contributed by atoms with Crippen LogP contribution in [0.25, 0.3) is 21.8 Å². The summed E-state index contributed by atoms with van der Waals surface area (Å²) < 4.78 is 2.92. The number of benzene rings is 2. The number of carbonyl (C=O) groups excluding carboxylic acids is 1. The molecule has 1 fully saturated rings. The third-order valence-electron chi connectivity index (χ3n) is 6.21. The summed E-state index contributed by atoms with van der Waals surface area (Å²) in [6, 6.07) is 10.3. The van der Waals surface area contributed by atoms with Gasteiger partial charge in [-0.3, -0.25) is 9.36 Å². The smallest absolute Gasteiger partial charge is 0.405 e. The number of aromatic nitrogens is 2. The van der Waals surface area contributed by atoms with Gasteiger partial charge in [0.25, 0.3) is 0 Å². The van der Waals surface area contributed by atoms with Crippen molar-refractivity contribution in [3.8, 4) is 12.0 Å². The van der Waals surface area contributed by atoms with Crippen LogP contribution in [0.3, 0.4) is 0 Å². The van der Waals surface area contributed by atoms with Crippen molar-refractivity contribution in [1.29, 1.82) is 0 Å². The first-order chi connectivity index (χ1) is 15.7. The molecule has 8 heteroatoms. The molecule has 172 valence electrons. The Morgan fingerprint density at radius 2 is 2.03 bits per heavy atom. The van der Waals surface area contributed by atoms with Crippen LogP contribution in [0.4, 0.5) is 4.79 Å². The van der Waals surface area contributed by atoms with Crippen LogP contribution in [0.1, 0.15) is 51.0 Å². The standard InChI is InChI=1S/C25H27BrN4O3/c1-5-10-30-22-17-9-8-16(26)13-18(17)15(4)12-19(22)27-23(30)20-7-6-11-29(20)24(31)21(14(2)3)28-25(32)33/h8-9,12-14,20-21,28H,6-7,11H2,1-4H3,(H,32,33)/t20-,21-/m0/s1. The van der Waals surface area contributed by atoms with Gasteiger partial charge in [0, 0.05) is 22.4 Å². The van der Waals surface area contributed by atoms with Gasteiger partial charge in [-0.25, -0.2) is 9.78 Å². The molecule has 1 saturated heterocycles. The number of imidazole rings is 1. The molecule has 2 atom stereocenters. The summed E-state index contributed by atoms with van der Waals surface area (Å²) in [5.41, 5.74) is 2.88. The topological polar surface area (TPSA) is 87.5 Å². The minimum absolute atomic E-state index is 0.172. The first kappa shape index (κ1) is 23.1. The van der Waals surface area contributed by atoms with Crippen molar-refractivity contribution in [1.82, 2.24) is 19.8 Å². The zero-order valence-electron chi connectivity index (χ0n) is 19.1. The van der Waals surface area contributed by atoms with Crippen molar-refractivity contribution >= 4 is 49.7 Å². The Morgan fingerprint density at radius 1 is 1.27 bits per heavy atom. The molecule has 4 rings (SSSR count). The lowest BCUT2D eigenvalue weighted by Crippen LogP contribution is -2.50. The Labute approximate surface area is 201 Å². The van der Waals surface area contributed by atoms with Crippen LogP contribution in [0.5, 0.6) is 0 Å². The number of hydrogen-bond donors (Lipinski definition) is 2. The average Bonchev–Trinajstić information content (AvgIpc) is 3.37. The lowest BCUT2D eigenvalue weighted by molar-refractivity contribution is -0.135. The van der Waals surface area contributed by atoms with Crippen molar-refractivity contribution in [2.75, 3.05) is 6.54 Å². The highest BCUT2D eigenvalue weighted by atomic mass is 79.9. The lowest BCUT2D eigenvalue weighted by Gasteiger charge is -2.30. The maximum Gasteiger partial charge on any atom is 0.405 e. The second-order valence-electron chi connectivity index (χ2n) is 8.78. The summed E-state index contributed by atoms with van der Waals surface area (Å²) in [7, 11) is 0. The fourth-order valence-corrected chi connectivity index (χ4v) is 5.08. The molecule has 3 aromatic rings. The first-order valence-electron chi connectivity index (χ1n) is 11.1. The second kappa shape index (κ2) is 9.06. The zero-order valence-corrected chi connectivity index (χ0v) is 20.7. The lowest BCUT2D eigenvalue weighted by atomic mass is 10.0. The summed E-state index contributed by atoms with van der Waals surface area (Å²) in [4.78, 5) is 31.4. The molecular weight excluding hydrogens is 484 g/mol. The highest BCUT2D eigenvalue weighted by Gasteiger charge is 2.38. The summed E-state index contributed by atoms with van der Waals surface area (Å²) in [6.45, 7) is 8.09. The molecule has 33 heavy (non-hydrogen) atoms. The van der Waals surface area contributed by atoms with E-state index in [9.17, 15) is 14.7 Å². The number of fused-ring (bicyclic) bond motifs is 3. The largest absolute Gasteiger partial charge is 0.465 e. The minimum Gasteiger partial charge on any atom is -0.465 e. The summed E-state index contributed by atoms with van der Waals surface area (Å²) in [5, 5.41) is 13.8. The molecule has 2 heterocycles. The Kier molecular flexibility index (Phi) is 6.35. The van der Waals surface area contributed by atoms with E-state index >= 15 is 0 Å². The number of nitrogens with zero attached hydrogens (tertiary/aromatic N) is 3. The van der Waals surface area contributed by atoms with Gasteiger partial charge in [-0.1, -0.05) is 41.8 Å². The Balaban J connectivity index is 1.87. The number of rotatable bonds is 4. The van der Waals surface area contributed by atoms with Crippen LogP contribution < -0.4 is 5.32 Å². The molecular formula is C25H27BrN4O3. The minimum atomic E-state index is -1.20. The normalized spacial score (nSPS) is 16.8. The number of nitrogens with one attached hydrogen (secondary N) is 1. The molecule has 2 aromatic carbocycles. The Hall–Kier alpha value is -3.05. The van der Waals surface area contributed by atoms with Crippen LogP contribution in [-0.2, 0) is 4.79 Å². The second-order valence-corrected chi connectivity index (χ2v) is 9.69. The fourth-order valence-electron chi connectivity index (χ4n) is 4.72. The van der Waals surface area contributed by atoms with Crippen molar-refractivity contribution in [3.63, 3.8) is 0 Å². The van der Waals surface area contributed by atoms with Crippen LogP contribution in [-0.4, -0.2) is 44.1 Å². The quantitative estimate of drug-likeness (QED) is 0.481. The molecule has 0 unspecified atom stereocenters. The van der Waals surface area contributed by atoms with E-state index in [1.807, 2.05) is 24.5 Å². The number of halogens is 1. The van der Waals surface area contributed by atoms with Gasteiger partial charge < -0.3 is 15.3 Å². The van der Waals surface area contributed by atoms with Crippen molar-refractivity contribution in [3.05, 3.63) is 40.1 Å². The van der Waals surface area contributed by atoms with Gasteiger partial charge in [-0.2, -0.15) is 0 Å². The van der Waals surface area contributed by atoms with Gasteiger partial charge >= 0.3 is 6.09 Å². The highest BCUT2D eigenvalue weighted by Crippen LogP contribution is 2.37. The van der Waals surface area contributed by atoms with Gasteiger partial charge in [0.2, 0.25) is 5.91 Å². The summed E-state index contributed by atoms with van der Waals surface area (Å²) in [5.74, 6) is 3.33. The molecule has 7 nitrogen and oxygen atoms in total. The molecule has 0 bridgehead atoms. The first-order valence-corrected chi connectivity index (χ1v) is 11.9. The number of likely N-dealkylation sites (tertiary alicyclic amines) is 1. The predicted octanol–water partition coefficient (Wildman–Crippen LogP) is 5.05. The van der Waals surface area contributed by atoms with E-state index in [4.69, 9.17) is 4.98 Å². The van der Waals surface area contributed by atoms with E-state index in [1.165, 1.54) is 0 Å². The maximum atomic E-state index is 13.4. The van der Waals surface area contributed by atoms with Gasteiger partial charge in [-0.05, 0) is 61.8 Å². The summed E-state index contributed by atoms with van der Waals surface area (Å²) in [6.07, 6.45) is 0.375. The molecule has 0 saturated carbocycles. The van der Waals surface area contributed by atoms with Crippen molar-refractivity contribution in [2.24, 2.45) is 5.92 Å². The van der Waals surface area contributed by atoms with E-state index in [-0.39, 0.29) is 17.9 Å². The predicted molar refractivity (Wildman–Crippen MR) is 132 cm³/mol. The van der Waals surface area contributed by atoms with Crippen LogP contribution in [0, 0.1) is 24.8 Å². The number of amides is 2. The SMILES string of the molecule is CC#Cn1c([C@@H]2CCCN2C(=O)[C@@H](NC(=O)O)C(C)C)nc2cc(C)c3cc(Br)ccc3c21. The number of hydrogen-bond acceptors (Lipinski definition) is 3. The van der Waals surface area contributed by atoms with Gasteiger partial charge in [-0.15, -0.1) is 0 Å². The van der Waals surface area contributed by atoms with Gasteiger partial charge in [0.05, 0.1) is 17.1 Å². The van der Waals surface area contributed by atoms with Gasteiger partial charge in [0.15, 0.2) is 0 Å². The molecule has 0 radical (unpaired) electrons. The zero-order chi connectivity index (χ0) is 23.9. The Bertz CT molecular complexity index is 1320. The average molecular weight is 511 g/mol. The molecule has 0 spiro atoms. The fraction of sp³-hybridized carbons (Fsp3) is 0.400.